The van der Waals surface area contributed by atoms with Gasteiger partial charge in [0.15, 0.2) is 12.0 Å². The molecule has 0 saturated carbocycles. The molecule has 0 radical (unpaired) electrons. The first-order valence-corrected chi connectivity index (χ1v) is 15.1. The lowest BCUT2D eigenvalue weighted by Gasteiger charge is -2.42. The maximum atomic E-state index is 12.2. The predicted molar refractivity (Wildman–Crippen MR) is 167 cm³/mol. The van der Waals surface area contributed by atoms with Crippen molar-refractivity contribution in [2.75, 3.05) is 33.9 Å². The van der Waals surface area contributed by atoms with Crippen LogP contribution in [0, 0.1) is 5.92 Å². The van der Waals surface area contributed by atoms with Crippen LogP contribution in [0.3, 0.4) is 0 Å². The first-order chi connectivity index (χ1) is 21.4. The minimum Gasteiger partial charge on any atom is -0.481 e. The van der Waals surface area contributed by atoms with Gasteiger partial charge < -0.3 is 14.2 Å². The SMILES string of the molecule is CCOC(=O)C1CN([C@@H]2CCc3cc(-c4cccc(-c5cccc(-c6cnc(C=O)c(OC)n6)c5Cl)c4Cl)nc(OC)c32)C1. The molecule has 2 aliphatic rings. The summed E-state index contributed by atoms with van der Waals surface area (Å²) in [6.07, 6.45) is 3.86. The number of hydrogen-bond donors (Lipinski definition) is 0. The Hall–Kier alpha value is -4.05. The van der Waals surface area contributed by atoms with Gasteiger partial charge in [-0.05, 0) is 31.4 Å². The van der Waals surface area contributed by atoms with Crippen LogP contribution in [0.15, 0.2) is 48.7 Å². The molecule has 1 fully saturated rings. The molecule has 1 saturated heterocycles. The van der Waals surface area contributed by atoms with E-state index in [1.165, 1.54) is 13.3 Å². The molecular formula is C33H30Cl2N4O5. The van der Waals surface area contributed by atoms with Crippen LogP contribution in [0.25, 0.3) is 33.6 Å². The summed E-state index contributed by atoms with van der Waals surface area (Å²) in [4.78, 5) is 39.2. The molecule has 0 amide bonds. The molecule has 226 valence electrons. The van der Waals surface area contributed by atoms with E-state index in [1.54, 1.807) is 7.11 Å². The molecule has 1 aliphatic carbocycles. The number of benzene rings is 2. The fourth-order valence-corrected chi connectivity index (χ4v) is 6.68. The largest absolute Gasteiger partial charge is 0.481 e. The molecule has 11 heteroatoms. The second kappa shape index (κ2) is 12.5. The van der Waals surface area contributed by atoms with Gasteiger partial charge in [0.05, 0.1) is 54.4 Å². The molecule has 9 nitrogen and oxygen atoms in total. The Bertz CT molecular complexity index is 1760. The van der Waals surface area contributed by atoms with E-state index in [2.05, 4.69) is 20.9 Å². The summed E-state index contributed by atoms with van der Waals surface area (Å²) in [5, 5.41) is 0.926. The highest BCUT2D eigenvalue weighted by Crippen LogP contribution is 2.47. The number of aromatic nitrogens is 3. The standard InChI is InChI=1S/C33H30Cl2N4O5/c1-4-44-33(41)19-15-39(16-19)27-12-11-18-13-24(37-32(43-3)28(18)27)22-9-5-7-20(29(22)34)21-8-6-10-23(30(21)35)25-14-36-26(17-40)31(38-25)42-2/h5-10,13-14,17,19,27H,4,11-12,15-16H2,1-3H3/t27-/m1/s1. The zero-order valence-corrected chi connectivity index (χ0v) is 26.0. The van der Waals surface area contributed by atoms with Crippen molar-refractivity contribution in [1.82, 2.24) is 19.9 Å². The average molecular weight is 634 g/mol. The Morgan fingerprint density at radius 1 is 0.955 bits per heavy atom. The number of ether oxygens (including phenoxy) is 3. The van der Waals surface area contributed by atoms with E-state index >= 15 is 0 Å². The van der Waals surface area contributed by atoms with Crippen molar-refractivity contribution >= 4 is 35.5 Å². The van der Waals surface area contributed by atoms with Crippen molar-refractivity contribution < 1.29 is 23.8 Å². The first kappa shape index (κ1) is 30.0. The summed E-state index contributed by atoms with van der Waals surface area (Å²) in [7, 11) is 3.06. The summed E-state index contributed by atoms with van der Waals surface area (Å²) in [6, 6.07) is 13.5. The minimum absolute atomic E-state index is 0.0890. The number of likely N-dealkylation sites (tertiary alicyclic amines) is 1. The second-order valence-electron chi connectivity index (χ2n) is 10.6. The number of carbonyl (C=O) groups is 2. The molecule has 0 spiro atoms. The molecule has 1 atom stereocenters. The van der Waals surface area contributed by atoms with Gasteiger partial charge in [0.25, 0.3) is 0 Å². The number of esters is 1. The van der Waals surface area contributed by atoms with Gasteiger partial charge in [0.1, 0.15) is 0 Å². The van der Waals surface area contributed by atoms with E-state index in [9.17, 15) is 9.59 Å². The van der Waals surface area contributed by atoms with Crippen LogP contribution in [0.4, 0.5) is 0 Å². The van der Waals surface area contributed by atoms with Crippen molar-refractivity contribution in [2.45, 2.75) is 25.8 Å². The van der Waals surface area contributed by atoms with Crippen LogP contribution in [0.5, 0.6) is 11.8 Å². The van der Waals surface area contributed by atoms with E-state index in [-0.39, 0.29) is 29.5 Å². The predicted octanol–water partition coefficient (Wildman–Crippen LogP) is 6.49. The van der Waals surface area contributed by atoms with Crippen molar-refractivity contribution in [2.24, 2.45) is 5.92 Å². The topological polar surface area (TPSA) is 104 Å². The second-order valence-corrected chi connectivity index (χ2v) is 11.4. The highest BCUT2D eigenvalue weighted by Gasteiger charge is 2.42. The third-order valence-corrected chi connectivity index (χ3v) is 9.02. The molecule has 2 aromatic carbocycles. The number of aryl methyl sites for hydroxylation is 1. The third-order valence-electron chi connectivity index (χ3n) is 8.21. The summed E-state index contributed by atoms with van der Waals surface area (Å²) >= 11 is 14.0. The highest BCUT2D eigenvalue weighted by atomic mass is 35.5. The van der Waals surface area contributed by atoms with Gasteiger partial charge in [-0.3, -0.25) is 14.5 Å². The van der Waals surface area contributed by atoms with Crippen molar-refractivity contribution in [3.05, 3.63) is 75.5 Å². The van der Waals surface area contributed by atoms with Crippen LogP contribution in [0.1, 0.15) is 41.0 Å². The van der Waals surface area contributed by atoms with Gasteiger partial charge in [0.2, 0.25) is 11.8 Å². The monoisotopic (exact) mass is 632 g/mol. The van der Waals surface area contributed by atoms with Gasteiger partial charge >= 0.3 is 5.97 Å². The Balaban J connectivity index is 1.33. The highest BCUT2D eigenvalue weighted by molar-refractivity contribution is 6.39. The van der Waals surface area contributed by atoms with E-state index in [0.717, 1.165) is 35.1 Å². The first-order valence-electron chi connectivity index (χ1n) is 14.3. The Morgan fingerprint density at radius 2 is 1.57 bits per heavy atom. The molecule has 2 aromatic heterocycles. The van der Waals surface area contributed by atoms with Crippen molar-refractivity contribution in [3.8, 4) is 45.4 Å². The van der Waals surface area contributed by atoms with Gasteiger partial charge in [-0.2, -0.15) is 0 Å². The zero-order chi connectivity index (χ0) is 31.0. The van der Waals surface area contributed by atoms with Crippen LogP contribution in [0.2, 0.25) is 10.0 Å². The zero-order valence-electron chi connectivity index (χ0n) is 24.5. The number of carbonyl (C=O) groups excluding carboxylic acids is 2. The molecule has 44 heavy (non-hydrogen) atoms. The summed E-state index contributed by atoms with van der Waals surface area (Å²) in [5.74, 6) is 0.457. The van der Waals surface area contributed by atoms with Gasteiger partial charge in [-0.15, -0.1) is 0 Å². The lowest BCUT2D eigenvalue weighted by Crippen LogP contribution is -2.51. The quantitative estimate of drug-likeness (QED) is 0.151. The van der Waals surface area contributed by atoms with E-state index in [1.807, 2.05) is 43.3 Å². The minimum atomic E-state index is -0.133. The summed E-state index contributed by atoms with van der Waals surface area (Å²) in [6.45, 7) is 3.55. The molecule has 1 aliphatic heterocycles. The van der Waals surface area contributed by atoms with E-state index in [0.29, 0.717) is 64.4 Å². The fraction of sp³-hybridized carbons (Fsp3) is 0.303. The average Bonchev–Trinajstić information content (AvgIpc) is 3.43. The molecular weight excluding hydrogens is 603 g/mol. The Labute approximate surface area is 265 Å². The number of aldehydes is 1. The third kappa shape index (κ3) is 5.29. The number of pyridine rings is 1. The maximum Gasteiger partial charge on any atom is 0.311 e. The van der Waals surface area contributed by atoms with Gasteiger partial charge in [-0.25, -0.2) is 15.0 Å². The number of nitrogens with zero attached hydrogens (tertiary/aromatic N) is 4. The Morgan fingerprint density at radius 3 is 2.18 bits per heavy atom. The number of hydrogen-bond acceptors (Lipinski definition) is 9. The maximum absolute atomic E-state index is 12.2. The van der Waals surface area contributed by atoms with Crippen molar-refractivity contribution in [3.63, 3.8) is 0 Å². The van der Waals surface area contributed by atoms with Crippen LogP contribution in [-0.2, 0) is 16.0 Å². The van der Waals surface area contributed by atoms with Crippen LogP contribution >= 0.6 is 23.2 Å². The summed E-state index contributed by atoms with van der Waals surface area (Å²) < 4.78 is 16.2. The molecule has 3 heterocycles. The lowest BCUT2D eigenvalue weighted by molar-refractivity contribution is -0.155. The smallest absolute Gasteiger partial charge is 0.311 e. The lowest BCUT2D eigenvalue weighted by atomic mass is 9.95. The van der Waals surface area contributed by atoms with Gasteiger partial charge in [0, 0.05) is 46.9 Å². The number of rotatable bonds is 9. The number of fused-ring (bicyclic) bond motifs is 1. The van der Waals surface area contributed by atoms with Crippen molar-refractivity contribution in [1.29, 1.82) is 0 Å². The van der Waals surface area contributed by atoms with Gasteiger partial charge in [-0.1, -0.05) is 59.6 Å². The Kier molecular flexibility index (Phi) is 8.53. The molecule has 0 bridgehead atoms. The number of methoxy groups -OCH3 is 2. The molecule has 4 aromatic rings. The normalized spacial score (nSPS) is 16.2. The molecule has 0 unspecified atom stereocenters. The van der Waals surface area contributed by atoms with Crippen LogP contribution in [-0.4, -0.2) is 66.0 Å². The van der Waals surface area contributed by atoms with Crippen LogP contribution < -0.4 is 9.47 Å². The summed E-state index contributed by atoms with van der Waals surface area (Å²) in [5.41, 5.74) is 6.29. The molecule has 0 N–H and O–H groups in total. The van der Waals surface area contributed by atoms with E-state index in [4.69, 9.17) is 42.4 Å². The molecule has 6 rings (SSSR count). The fourth-order valence-electron chi connectivity index (χ4n) is 6.03. The number of halogens is 2. The van der Waals surface area contributed by atoms with E-state index < -0.39 is 0 Å².